The molecule has 0 saturated heterocycles. The van der Waals surface area contributed by atoms with Crippen molar-refractivity contribution in [2.45, 2.75) is 89.8 Å². The summed E-state index contributed by atoms with van der Waals surface area (Å²) in [4.78, 5) is 0. The highest BCUT2D eigenvalue weighted by atomic mass is 16.3. The fraction of sp³-hybridized carbons (Fsp3) is 1.00. The van der Waals surface area contributed by atoms with Crippen molar-refractivity contribution in [3.8, 4) is 0 Å². The summed E-state index contributed by atoms with van der Waals surface area (Å²) in [6.45, 7) is 6.79. The largest absolute Gasteiger partial charge is 0.384 e. The second-order valence-electron chi connectivity index (χ2n) is 8.57. The summed E-state index contributed by atoms with van der Waals surface area (Å²) in [6.07, 6.45) is 10.3. The van der Waals surface area contributed by atoms with Gasteiger partial charge in [-0.2, -0.15) is 0 Å². The van der Waals surface area contributed by atoms with Crippen LogP contribution in [0.25, 0.3) is 0 Å². The monoisotopic (exact) mass is 282 g/mol. The number of quaternary nitrogens is 1. The Morgan fingerprint density at radius 3 is 2.20 bits per heavy atom. The van der Waals surface area contributed by atoms with E-state index in [0.717, 1.165) is 28.8 Å². The van der Waals surface area contributed by atoms with Crippen LogP contribution in [-0.2, 0) is 0 Å². The molecular formula is C18H36NO+. The Balaban J connectivity index is 2.16. The molecular weight excluding hydrogens is 246 g/mol. The van der Waals surface area contributed by atoms with E-state index in [1.165, 1.54) is 44.9 Å². The van der Waals surface area contributed by atoms with Crippen molar-refractivity contribution in [3.63, 3.8) is 0 Å². The molecule has 3 atom stereocenters. The molecule has 0 aromatic rings. The zero-order valence-corrected chi connectivity index (χ0v) is 14.4. The average molecular weight is 282 g/mol. The minimum absolute atomic E-state index is 0.409. The fourth-order valence-electron chi connectivity index (χ4n) is 4.90. The number of likely N-dealkylation sites (N-methyl/N-ethyl adjacent to an activating group) is 1. The molecule has 0 heterocycles. The Morgan fingerprint density at radius 2 is 1.65 bits per heavy atom. The van der Waals surface area contributed by atoms with Crippen LogP contribution in [-0.4, -0.2) is 41.4 Å². The van der Waals surface area contributed by atoms with Crippen LogP contribution < -0.4 is 0 Å². The molecule has 0 spiro atoms. The lowest BCUT2D eigenvalue weighted by Gasteiger charge is -2.54. The first-order chi connectivity index (χ1) is 9.25. The third-order valence-corrected chi connectivity index (χ3v) is 6.53. The second kappa shape index (κ2) is 5.96. The van der Waals surface area contributed by atoms with Crippen LogP contribution in [0.4, 0.5) is 0 Å². The van der Waals surface area contributed by atoms with Gasteiger partial charge in [0.05, 0.1) is 20.1 Å². The van der Waals surface area contributed by atoms with Gasteiger partial charge in [0.2, 0.25) is 0 Å². The molecule has 1 N–H and O–H groups in total. The molecule has 2 rings (SSSR count). The maximum atomic E-state index is 11.0. The normalized spacial score (nSPS) is 37.4. The number of rotatable bonds is 3. The third-order valence-electron chi connectivity index (χ3n) is 6.53. The fourth-order valence-corrected chi connectivity index (χ4v) is 4.90. The molecule has 0 amide bonds. The maximum absolute atomic E-state index is 11.0. The van der Waals surface area contributed by atoms with E-state index in [2.05, 4.69) is 34.9 Å². The van der Waals surface area contributed by atoms with Gasteiger partial charge in [-0.25, -0.2) is 0 Å². The lowest BCUT2D eigenvalue weighted by atomic mass is 9.70. The molecule has 0 bridgehead atoms. The van der Waals surface area contributed by atoms with E-state index in [4.69, 9.17) is 0 Å². The lowest BCUT2D eigenvalue weighted by molar-refractivity contribution is -0.948. The van der Waals surface area contributed by atoms with Gasteiger partial charge >= 0.3 is 0 Å². The van der Waals surface area contributed by atoms with Gasteiger partial charge in [-0.3, -0.25) is 0 Å². The minimum Gasteiger partial charge on any atom is -0.384 e. The standard InChI is InChI=1S/C18H36NO/c1-14(2)15-11-12-18(3,20)17(13-15)19(4,5)16-9-7-6-8-10-16/h14-17,20H,6-13H2,1-5H3/q+1. The van der Waals surface area contributed by atoms with Crippen LogP contribution in [0.2, 0.25) is 0 Å². The summed E-state index contributed by atoms with van der Waals surface area (Å²) in [5.41, 5.74) is -0.480. The molecule has 118 valence electrons. The molecule has 2 heteroatoms. The second-order valence-corrected chi connectivity index (χ2v) is 8.57. The zero-order valence-electron chi connectivity index (χ0n) is 14.4. The predicted octanol–water partition coefficient (Wildman–Crippen LogP) is 3.97. The summed E-state index contributed by atoms with van der Waals surface area (Å²) in [7, 11) is 4.77. The molecule has 0 radical (unpaired) electrons. The molecule has 0 aromatic heterocycles. The Labute approximate surface area is 126 Å². The maximum Gasteiger partial charge on any atom is 0.118 e. The lowest BCUT2D eigenvalue weighted by Crippen LogP contribution is -2.66. The van der Waals surface area contributed by atoms with E-state index >= 15 is 0 Å². The van der Waals surface area contributed by atoms with Crippen molar-refractivity contribution >= 4 is 0 Å². The van der Waals surface area contributed by atoms with Gasteiger partial charge in [0.15, 0.2) is 0 Å². The van der Waals surface area contributed by atoms with E-state index in [-0.39, 0.29) is 0 Å². The quantitative estimate of drug-likeness (QED) is 0.777. The van der Waals surface area contributed by atoms with E-state index in [9.17, 15) is 5.11 Å². The summed E-state index contributed by atoms with van der Waals surface area (Å²) in [5, 5.41) is 11.0. The van der Waals surface area contributed by atoms with E-state index in [1.54, 1.807) is 0 Å². The van der Waals surface area contributed by atoms with Crippen molar-refractivity contribution in [1.82, 2.24) is 0 Å². The van der Waals surface area contributed by atoms with Crippen LogP contribution >= 0.6 is 0 Å². The first-order valence-electron chi connectivity index (χ1n) is 8.81. The highest BCUT2D eigenvalue weighted by Crippen LogP contribution is 2.42. The Bertz CT molecular complexity index is 315. The molecule has 3 unspecified atom stereocenters. The Morgan fingerprint density at radius 1 is 1.05 bits per heavy atom. The first-order valence-corrected chi connectivity index (χ1v) is 8.81. The van der Waals surface area contributed by atoms with Gasteiger partial charge < -0.3 is 9.59 Å². The zero-order chi connectivity index (χ0) is 15.0. The Kier molecular flexibility index (Phi) is 4.86. The summed E-state index contributed by atoms with van der Waals surface area (Å²) in [6, 6.07) is 1.16. The SMILES string of the molecule is CC(C)C1CCC(C)(O)C([N+](C)(C)C2CCCCC2)C1. The van der Waals surface area contributed by atoms with E-state index < -0.39 is 5.60 Å². The number of nitrogens with zero attached hydrogens (tertiary/aromatic N) is 1. The number of aliphatic hydroxyl groups is 1. The van der Waals surface area contributed by atoms with Gasteiger partial charge in [0, 0.05) is 6.42 Å². The third kappa shape index (κ3) is 3.22. The van der Waals surface area contributed by atoms with Crippen molar-refractivity contribution in [2.24, 2.45) is 11.8 Å². The molecule has 2 aliphatic rings. The van der Waals surface area contributed by atoms with Gasteiger partial charge in [-0.1, -0.05) is 20.3 Å². The van der Waals surface area contributed by atoms with Gasteiger partial charge in [0.1, 0.15) is 11.6 Å². The summed E-state index contributed by atoms with van der Waals surface area (Å²) in [5.74, 6) is 1.54. The van der Waals surface area contributed by atoms with Crippen LogP contribution in [0, 0.1) is 11.8 Å². The molecule has 2 saturated carbocycles. The average Bonchev–Trinajstić information content (AvgIpc) is 2.38. The number of hydrogen-bond acceptors (Lipinski definition) is 1. The Hall–Kier alpha value is -0.0800. The van der Waals surface area contributed by atoms with E-state index in [1.807, 2.05) is 0 Å². The van der Waals surface area contributed by atoms with Gasteiger partial charge in [-0.15, -0.1) is 0 Å². The predicted molar refractivity (Wildman–Crippen MR) is 85.6 cm³/mol. The van der Waals surface area contributed by atoms with Crippen LogP contribution in [0.15, 0.2) is 0 Å². The minimum atomic E-state index is -0.480. The van der Waals surface area contributed by atoms with Crippen molar-refractivity contribution in [1.29, 1.82) is 0 Å². The summed E-state index contributed by atoms with van der Waals surface area (Å²) < 4.78 is 1.04. The first kappa shape index (κ1) is 16.3. The molecule has 2 fully saturated rings. The molecule has 2 nitrogen and oxygen atoms in total. The van der Waals surface area contributed by atoms with E-state index in [0.29, 0.717) is 6.04 Å². The van der Waals surface area contributed by atoms with Crippen LogP contribution in [0.1, 0.15) is 72.1 Å². The van der Waals surface area contributed by atoms with Gasteiger partial charge in [0.25, 0.3) is 0 Å². The topological polar surface area (TPSA) is 20.2 Å². The van der Waals surface area contributed by atoms with Crippen molar-refractivity contribution < 1.29 is 9.59 Å². The van der Waals surface area contributed by atoms with Crippen LogP contribution in [0.3, 0.4) is 0 Å². The highest BCUT2D eigenvalue weighted by molar-refractivity contribution is 4.92. The number of hydrogen-bond donors (Lipinski definition) is 1. The molecule has 0 aromatic carbocycles. The molecule has 20 heavy (non-hydrogen) atoms. The molecule has 0 aliphatic heterocycles. The van der Waals surface area contributed by atoms with Crippen LogP contribution in [0.5, 0.6) is 0 Å². The van der Waals surface area contributed by atoms with Crippen molar-refractivity contribution in [3.05, 3.63) is 0 Å². The van der Waals surface area contributed by atoms with Crippen molar-refractivity contribution in [2.75, 3.05) is 14.1 Å². The summed E-state index contributed by atoms with van der Waals surface area (Å²) >= 11 is 0. The molecule has 2 aliphatic carbocycles. The highest BCUT2D eigenvalue weighted by Gasteiger charge is 2.50. The van der Waals surface area contributed by atoms with Gasteiger partial charge in [-0.05, 0) is 57.3 Å². The smallest absolute Gasteiger partial charge is 0.118 e.